The number of hydrogen-bond acceptors (Lipinski definition) is 3. The van der Waals surface area contributed by atoms with Crippen molar-refractivity contribution in [2.45, 2.75) is 31.5 Å². The number of aliphatic hydroxyl groups is 1. The minimum Gasteiger partial charge on any atom is -0.391 e. The first-order valence-corrected chi connectivity index (χ1v) is 11.5. The summed E-state index contributed by atoms with van der Waals surface area (Å²) >= 11 is 0. The van der Waals surface area contributed by atoms with Gasteiger partial charge in [-0.15, -0.1) is 0 Å². The molecule has 2 aliphatic heterocycles. The summed E-state index contributed by atoms with van der Waals surface area (Å²) < 4.78 is 0. The molecule has 2 heterocycles. The molecule has 1 amide bonds. The van der Waals surface area contributed by atoms with E-state index in [1.807, 2.05) is 59.5 Å². The Morgan fingerprint density at radius 2 is 1.34 bits per heavy atom. The Morgan fingerprint density at radius 1 is 0.812 bits per heavy atom. The average molecular weight is 427 g/mol. The predicted octanol–water partition coefficient (Wildman–Crippen LogP) is 4.26. The molecular weight excluding hydrogens is 396 g/mol. The van der Waals surface area contributed by atoms with Gasteiger partial charge < -0.3 is 10.0 Å². The monoisotopic (exact) mass is 426 g/mol. The normalized spacial score (nSPS) is 23.9. The lowest BCUT2D eigenvalue weighted by Gasteiger charge is -2.42. The van der Waals surface area contributed by atoms with Crippen molar-refractivity contribution in [3.05, 3.63) is 108 Å². The number of benzene rings is 3. The molecule has 2 fully saturated rings. The van der Waals surface area contributed by atoms with Crippen molar-refractivity contribution in [1.29, 1.82) is 0 Å². The summed E-state index contributed by atoms with van der Waals surface area (Å²) in [5.74, 6) is 0.0991. The number of amides is 1. The molecule has 32 heavy (non-hydrogen) atoms. The zero-order valence-corrected chi connectivity index (χ0v) is 18.3. The van der Waals surface area contributed by atoms with Gasteiger partial charge in [0.05, 0.1) is 17.6 Å². The van der Waals surface area contributed by atoms with Crippen LogP contribution in [-0.4, -0.2) is 46.6 Å². The third-order valence-electron chi connectivity index (χ3n) is 7.22. The molecule has 0 saturated carbocycles. The van der Waals surface area contributed by atoms with E-state index in [4.69, 9.17) is 0 Å². The lowest BCUT2D eigenvalue weighted by molar-refractivity contribution is -0.148. The number of aliphatic hydroxyl groups excluding tert-OH is 1. The fourth-order valence-corrected chi connectivity index (χ4v) is 5.44. The Morgan fingerprint density at radius 3 is 1.91 bits per heavy atom. The second-order valence-corrected chi connectivity index (χ2v) is 9.12. The van der Waals surface area contributed by atoms with Gasteiger partial charge in [0.25, 0.3) is 0 Å². The molecule has 1 N–H and O–H groups in total. The third kappa shape index (κ3) is 3.85. The number of β-amino-alcohol motifs (C(OH)–C–C–N with tert-alkyl or cyclic N) is 1. The smallest absolute Gasteiger partial charge is 0.232 e. The summed E-state index contributed by atoms with van der Waals surface area (Å²) in [4.78, 5) is 18.2. The SMILES string of the molecule is O=C1N(C(c2ccccc2)c2ccccc2)CCC12CCN(Cc1ccccc1)CC2O. The highest BCUT2D eigenvalue weighted by molar-refractivity contribution is 5.86. The van der Waals surface area contributed by atoms with E-state index in [9.17, 15) is 9.90 Å². The molecule has 4 heteroatoms. The molecule has 0 bridgehead atoms. The van der Waals surface area contributed by atoms with Crippen molar-refractivity contribution in [3.8, 4) is 0 Å². The Balaban J connectivity index is 1.37. The molecule has 0 aromatic heterocycles. The van der Waals surface area contributed by atoms with Crippen molar-refractivity contribution >= 4 is 5.91 Å². The third-order valence-corrected chi connectivity index (χ3v) is 7.22. The van der Waals surface area contributed by atoms with Gasteiger partial charge in [-0.2, -0.15) is 0 Å². The van der Waals surface area contributed by atoms with Gasteiger partial charge in [-0.1, -0.05) is 91.0 Å². The van der Waals surface area contributed by atoms with Crippen LogP contribution in [0.5, 0.6) is 0 Å². The highest BCUT2D eigenvalue weighted by atomic mass is 16.3. The topological polar surface area (TPSA) is 43.8 Å². The van der Waals surface area contributed by atoms with E-state index in [1.54, 1.807) is 0 Å². The molecule has 2 unspecified atom stereocenters. The summed E-state index contributed by atoms with van der Waals surface area (Å²) in [5.41, 5.74) is 2.79. The Hall–Kier alpha value is -2.95. The van der Waals surface area contributed by atoms with Gasteiger partial charge in [0, 0.05) is 19.6 Å². The lowest BCUT2D eigenvalue weighted by atomic mass is 9.74. The van der Waals surface area contributed by atoms with Gasteiger partial charge >= 0.3 is 0 Å². The van der Waals surface area contributed by atoms with Crippen molar-refractivity contribution in [2.75, 3.05) is 19.6 Å². The number of rotatable bonds is 5. The minimum atomic E-state index is -0.672. The van der Waals surface area contributed by atoms with Crippen LogP contribution in [0.2, 0.25) is 0 Å². The molecule has 1 spiro atoms. The first-order valence-electron chi connectivity index (χ1n) is 11.5. The summed E-state index contributed by atoms with van der Waals surface area (Å²) in [6.45, 7) is 2.84. The number of carbonyl (C=O) groups excluding carboxylic acids is 1. The van der Waals surface area contributed by atoms with Crippen molar-refractivity contribution in [2.24, 2.45) is 5.41 Å². The van der Waals surface area contributed by atoms with Crippen LogP contribution >= 0.6 is 0 Å². The van der Waals surface area contributed by atoms with Crippen LogP contribution in [0.4, 0.5) is 0 Å². The maximum absolute atomic E-state index is 13.9. The lowest BCUT2D eigenvalue weighted by Crippen LogP contribution is -2.54. The molecule has 2 atom stereocenters. The zero-order valence-electron chi connectivity index (χ0n) is 18.3. The Labute approximate surface area is 190 Å². The van der Waals surface area contributed by atoms with Crippen LogP contribution in [0.25, 0.3) is 0 Å². The maximum atomic E-state index is 13.9. The highest BCUT2D eigenvalue weighted by Gasteiger charge is 2.55. The number of piperidine rings is 1. The van der Waals surface area contributed by atoms with Gasteiger partial charge in [0.15, 0.2) is 0 Å². The van der Waals surface area contributed by atoms with E-state index < -0.39 is 11.5 Å². The van der Waals surface area contributed by atoms with E-state index >= 15 is 0 Å². The van der Waals surface area contributed by atoms with Crippen LogP contribution in [0.15, 0.2) is 91.0 Å². The minimum absolute atomic E-state index is 0.0991. The number of carbonyl (C=O) groups is 1. The standard InChI is InChI=1S/C28H30N2O2/c31-25-21-29(20-22-10-4-1-5-11-22)18-16-28(25)17-19-30(27(28)32)26(23-12-6-2-7-13-23)24-14-8-3-9-15-24/h1-15,25-26,31H,16-21H2. The van der Waals surface area contributed by atoms with Crippen molar-refractivity contribution in [1.82, 2.24) is 9.80 Å². The first kappa shape index (κ1) is 20.9. The highest BCUT2D eigenvalue weighted by Crippen LogP contribution is 2.46. The Bertz CT molecular complexity index is 1000. The summed E-state index contributed by atoms with van der Waals surface area (Å²) in [5, 5.41) is 11.2. The maximum Gasteiger partial charge on any atom is 0.232 e. The van der Waals surface area contributed by atoms with Gasteiger partial charge in [-0.25, -0.2) is 0 Å². The van der Waals surface area contributed by atoms with E-state index in [0.717, 1.165) is 24.2 Å². The Kier molecular flexibility index (Phi) is 5.81. The molecule has 164 valence electrons. The number of likely N-dealkylation sites (tertiary alicyclic amines) is 2. The van der Waals surface area contributed by atoms with E-state index in [-0.39, 0.29) is 11.9 Å². The fraction of sp³-hybridized carbons (Fsp3) is 0.321. The van der Waals surface area contributed by atoms with Gasteiger partial charge in [0.2, 0.25) is 5.91 Å². The molecule has 0 radical (unpaired) electrons. The molecule has 5 rings (SSSR count). The quantitative estimate of drug-likeness (QED) is 0.663. The van der Waals surface area contributed by atoms with Crippen LogP contribution < -0.4 is 0 Å². The number of hydrogen-bond donors (Lipinski definition) is 1. The van der Waals surface area contributed by atoms with Gasteiger partial charge in [-0.3, -0.25) is 9.69 Å². The van der Waals surface area contributed by atoms with E-state index in [1.165, 1.54) is 5.56 Å². The molecule has 2 saturated heterocycles. The summed E-state index contributed by atoms with van der Waals surface area (Å²) in [6.07, 6.45) is 0.763. The van der Waals surface area contributed by atoms with Crippen LogP contribution in [0, 0.1) is 5.41 Å². The fourth-order valence-electron chi connectivity index (χ4n) is 5.44. The summed E-state index contributed by atoms with van der Waals surface area (Å²) in [6, 6.07) is 30.7. The molecule has 2 aliphatic rings. The van der Waals surface area contributed by atoms with Gasteiger partial charge in [-0.05, 0) is 36.1 Å². The molecular formula is C28H30N2O2. The van der Waals surface area contributed by atoms with Gasteiger partial charge in [0.1, 0.15) is 0 Å². The van der Waals surface area contributed by atoms with E-state index in [2.05, 4.69) is 41.3 Å². The molecule has 4 nitrogen and oxygen atoms in total. The molecule has 0 aliphatic carbocycles. The average Bonchev–Trinajstić information content (AvgIpc) is 3.16. The van der Waals surface area contributed by atoms with Crippen LogP contribution in [0.1, 0.15) is 35.6 Å². The first-order chi connectivity index (χ1) is 15.7. The predicted molar refractivity (Wildman–Crippen MR) is 126 cm³/mol. The van der Waals surface area contributed by atoms with Crippen molar-refractivity contribution < 1.29 is 9.90 Å². The number of nitrogens with zero attached hydrogens (tertiary/aromatic N) is 2. The zero-order chi connectivity index (χ0) is 22.0. The van der Waals surface area contributed by atoms with Crippen LogP contribution in [0.3, 0.4) is 0 Å². The summed E-state index contributed by atoms with van der Waals surface area (Å²) in [7, 11) is 0. The second kappa shape index (κ2) is 8.89. The second-order valence-electron chi connectivity index (χ2n) is 9.12. The van der Waals surface area contributed by atoms with Crippen molar-refractivity contribution in [3.63, 3.8) is 0 Å². The van der Waals surface area contributed by atoms with E-state index in [0.29, 0.717) is 25.9 Å². The molecule has 3 aromatic carbocycles. The largest absolute Gasteiger partial charge is 0.391 e. The van der Waals surface area contributed by atoms with Crippen LogP contribution in [-0.2, 0) is 11.3 Å². The molecule has 3 aromatic rings.